The number of aromatic amines is 1. The lowest BCUT2D eigenvalue weighted by Crippen LogP contribution is -2.23. The number of sulfonamides is 1. The highest BCUT2D eigenvalue weighted by Gasteiger charge is 2.20. The van der Waals surface area contributed by atoms with Gasteiger partial charge < -0.3 is 14.5 Å². The standard InChI is InChI=1S/C9H9N3O5S/c13-9(14)6-1-2-8(17-6)18(15,16)12-5-7-10-3-4-11-7/h1-4,12H,5H2,(H,10,11)(H,13,14). The molecular weight excluding hydrogens is 262 g/mol. The van der Waals surface area contributed by atoms with E-state index < -0.39 is 26.8 Å². The number of hydrogen-bond acceptors (Lipinski definition) is 5. The third-order valence-corrected chi connectivity index (χ3v) is 3.31. The molecule has 8 nitrogen and oxygen atoms in total. The molecule has 0 radical (unpaired) electrons. The summed E-state index contributed by atoms with van der Waals surface area (Å²) in [7, 11) is -3.89. The molecule has 0 unspecified atom stereocenters. The second-order valence-electron chi connectivity index (χ2n) is 3.28. The number of rotatable bonds is 5. The van der Waals surface area contributed by atoms with Crippen LogP contribution in [-0.2, 0) is 16.6 Å². The Balaban J connectivity index is 2.12. The Morgan fingerprint density at radius 1 is 1.50 bits per heavy atom. The van der Waals surface area contributed by atoms with Crippen molar-refractivity contribution >= 4 is 16.0 Å². The second kappa shape index (κ2) is 4.63. The smallest absolute Gasteiger partial charge is 0.371 e. The highest BCUT2D eigenvalue weighted by molar-refractivity contribution is 7.89. The lowest BCUT2D eigenvalue weighted by atomic mass is 10.5. The number of nitrogens with zero attached hydrogens (tertiary/aromatic N) is 1. The number of aromatic nitrogens is 2. The summed E-state index contributed by atoms with van der Waals surface area (Å²) in [6, 6.07) is 2.15. The molecule has 2 heterocycles. The average Bonchev–Trinajstić information content (AvgIpc) is 2.98. The van der Waals surface area contributed by atoms with Gasteiger partial charge in [-0.15, -0.1) is 0 Å². The molecule has 0 amide bonds. The summed E-state index contributed by atoms with van der Waals surface area (Å²) in [6.45, 7) is -0.0432. The minimum atomic E-state index is -3.89. The summed E-state index contributed by atoms with van der Waals surface area (Å²) in [4.78, 5) is 17.1. The molecule has 0 aliphatic rings. The number of imidazole rings is 1. The molecule has 0 aliphatic heterocycles. The first kappa shape index (κ1) is 12.3. The zero-order chi connectivity index (χ0) is 13.2. The predicted molar refractivity (Wildman–Crippen MR) is 58.3 cm³/mol. The fourth-order valence-electron chi connectivity index (χ4n) is 1.21. The summed E-state index contributed by atoms with van der Waals surface area (Å²) in [5.41, 5.74) is 0. The maximum absolute atomic E-state index is 11.7. The Kier molecular flexibility index (Phi) is 3.17. The van der Waals surface area contributed by atoms with E-state index in [1.165, 1.54) is 6.20 Å². The van der Waals surface area contributed by atoms with Crippen molar-refractivity contribution in [2.75, 3.05) is 0 Å². The number of furan rings is 1. The Labute approximate surface area is 102 Å². The third kappa shape index (κ3) is 2.57. The zero-order valence-corrected chi connectivity index (χ0v) is 9.77. The zero-order valence-electron chi connectivity index (χ0n) is 8.95. The van der Waals surface area contributed by atoms with Crippen LogP contribution in [0, 0.1) is 0 Å². The number of H-pyrrole nitrogens is 1. The third-order valence-electron chi connectivity index (χ3n) is 2.04. The van der Waals surface area contributed by atoms with Gasteiger partial charge in [0.2, 0.25) is 10.9 Å². The van der Waals surface area contributed by atoms with Gasteiger partial charge in [-0.2, -0.15) is 0 Å². The van der Waals surface area contributed by atoms with Crippen molar-refractivity contribution in [3.63, 3.8) is 0 Å². The Morgan fingerprint density at radius 2 is 2.28 bits per heavy atom. The van der Waals surface area contributed by atoms with Crippen LogP contribution in [0.15, 0.2) is 34.0 Å². The molecule has 0 aromatic carbocycles. The maximum atomic E-state index is 11.7. The molecule has 2 rings (SSSR count). The second-order valence-corrected chi connectivity index (χ2v) is 4.98. The van der Waals surface area contributed by atoms with E-state index in [1.54, 1.807) is 6.20 Å². The van der Waals surface area contributed by atoms with Gasteiger partial charge in [-0.1, -0.05) is 0 Å². The summed E-state index contributed by atoms with van der Waals surface area (Å²) >= 11 is 0. The molecule has 0 bridgehead atoms. The molecule has 9 heteroatoms. The molecule has 0 saturated heterocycles. The Morgan fingerprint density at radius 3 is 2.83 bits per heavy atom. The van der Waals surface area contributed by atoms with E-state index in [1.807, 2.05) is 0 Å². The fraction of sp³-hybridized carbons (Fsp3) is 0.111. The van der Waals surface area contributed by atoms with Gasteiger partial charge in [-0.25, -0.2) is 22.9 Å². The van der Waals surface area contributed by atoms with E-state index in [0.29, 0.717) is 5.82 Å². The molecule has 0 spiro atoms. The van der Waals surface area contributed by atoms with Crippen molar-refractivity contribution in [2.45, 2.75) is 11.6 Å². The van der Waals surface area contributed by atoms with Crippen LogP contribution in [0.1, 0.15) is 16.4 Å². The van der Waals surface area contributed by atoms with Gasteiger partial charge in [-0.3, -0.25) is 0 Å². The molecule has 2 aromatic rings. The first-order valence-electron chi connectivity index (χ1n) is 4.80. The van der Waals surface area contributed by atoms with Crippen LogP contribution in [0.3, 0.4) is 0 Å². The first-order valence-corrected chi connectivity index (χ1v) is 6.28. The molecule has 2 aromatic heterocycles. The van der Waals surface area contributed by atoms with Crippen LogP contribution in [0.25, 0.3) is 0 Å². The van der Waals surface area contributed by atoms with Gasteiger partial charge in [0.05, 0.1) is 6.54 Å². The van der Waals surface area contributed by atoms with Gasteiger partial charge in [0, 0.05) is 12.4 Å². The fourth-order valence-corrected chi connectivity index (χ4v) is 2.12. The van der Waals surface area contributed by atoms with Crippen molar-refractivity contribution < 1.29 is 22.7 Å². The summed E-state index contributed by atoms with van der Waals surface area (Å²) in [6.07, 6.45) is 3.04. The monoisotopic (exact) mass is 271 g/mol. The molecule has 0 saturated carbocycles. The van der Waals surface area contributed by atoms with Crippen LogP contribution < -0.4 is 4.72 Å². The van der Waals surface area contributed by atoms with E-state index in [9.17, 15) is 13.2 Å². The Hall–Kier alpha value is -2.13. The molecule has 0 fully saturated rings. The lowest BCUT2D eigenvalue weighted by molar-refractivity contribution is 0.0656. The van der Waals surface area contributed by atoms with Crippen molar-refractivity contribution in [1.82, 2.24) is 14.7 Å². The molecule has 0 atom stereocenters. The van der Waals surface area contributed by atoms with Crippen LogP contribution >= 0.6 is 0 Å². The minimum Gasteiger partial charge on any atom is -0.475 e. The molecule has 18 heavy (non-hydrogen) atoms. The first-order chi connectivity index (χ1) is 8.49. The van der Waals surface area contributed by atoms with Crippen molar-refractivity contribution in [3.05, 3.63) is 36.1 Å². The van der Waals surface area contributed by atoms with Gasteiger partial charge in [0.15, 0.2) is 0 Å². The number of hydrogen-bond donors (Lipinski definition) is 3. The molecular formula is C9H9N3O5S. The van der Waals surface area contributed by atoms with Crippen molar-refractivity contribution in [2.24, 2.45) is 0 Å². The largest absolute Gasteiger partial charge is 0.475 e. The number of carbonyl (C=O) groups is 1. The van der Waals surface area contributed by atoms with Crippen molar-refractivity contribution in [3.8, 4) is 0 Å². The number of aromatic carboxylic acids is 1. The van der Waals surface area contributed by atoms with Crippen LogP contribution in [0.2, 0.25) is 0 Å². The van der Waals surface area contributed by atoms with E-state index in [2.05, 4.69) is 14.7 Å². The van der Waals surface area contributed by atoms with Crippen LogP contribution in [0.4, 0.5) is 0 Å². The van der Waals surface area contributed by atoms with Gasteiger partial charge in [0.25, 0.3) is 10.0 Å². The van der Waals surface area contributed by atoms with Gasteiger partial charge in [-0.05, 0) is 12.1 Å². The van der Waals surface area contributed by atoms with Crippen LogP contribution in [-0.4, -0.2) is 29.5 Å². The number of carboxylic acid groups (broad SMARTS) is 1. The van der Waals surface area contributed by atoms with Crippen LogP contribution in [0.5, 0.6) is 0 Å². The summed E-state index contributed by atoms with van der Waals surface area (Å²) in [5.74, 6) is -1.33. The maximum Gasteiger partial charge on any atom is 0.371 e. The SMILES string of the molecule is O=C(O)c1ccc(S(=O)(=O)NCc2ncc[nH]2)o1. The normalized spacial score (nSPS) is 11.6. The number of nitrogens with one attached hydrogen (secondary N) is 2. The van der Waals surface area contributed by atoms with E-state index >= 15 is 0 Å². The highest BCUT2D eigenvalue weighted by atomic mass is 32.2. The Bertz CT molecular complexity index is 644. The minimum absolute atomic E-state index is 0.0432. The van der Waals surface area contributed by atoms with Gasteiger partial charge in [0.1, 0.15) is 5.82 Å². The van der Waals surface area contributed by atoms with Gasteiger partial charge >= 0.3 is 5.97 Å². The van der Waals surface area contributed by atoms with E-state index in [-0.39, 0.29) is 6.54 Å². The predicted octanol–water partition coefficient (Wildman–Crippen LogP) is 0.179. The average molecular weight is 271 g/mol. The lowest BCUT2D eigenvalue weighted by Gasteiger charge is -2.01. The van der Waals surface area contributed by atoms with E-state index in [4.69, 9.17) is 9.52 Å². The van der Waals surface area contributed by atoms with Crippen molar-refractivity contribution in [1.29, 1.82) is 0 Å². The summed E-state index contributed by atoms with van der Waals surface area (Å²) < 4.78 is 30.4. The summed E-state index contributed by atoms with van der Waals surface area (Å²) in [5, 5.41) is 8.17. The molecule has 0 aliphatic carbocycles. The van der Waals surface area contributed by atoms with E-state index in [0.717, 1.165) is 12.1 Å². The molecule has 3 N–H and O–H groups in total. The molecule has 96 valence electrons. The topological polar surface area (TPSA) is 125 Å². The quantitative estimate of drug-likeness (QED) is 0.712. The highest BCUT2D eigenvalue weighted by Crippen LogP contribution is 2.13. The number of carboxylic acids is 1.